The van der Waals surface area contributed by atoms with Crippen LogP contribution in [0, 0.1) is 0 Å². The van der Waals surface area contributed by atoms with Crippen LogP contribution < -0.4 is 5.32 Å². The first-order chi connectivity index (χ1) is 7.15. The van der Waals surface area contributed by atoms with Crippen molar-refractivity contribution in [1.82, 2.24) is 15.3 Å². The second kappa shape index (κ2) is 5.04. The van der Waals surface area contributed by atoms with Gasteiger partial charge in [-0.25, -0.2) is 9.97 Å². The highest BCUT2D eigenvalue weighted by Crippen LogP contribution is 2.03. The van der Waals surface area contributed by atoms with Crippen molar-refractivity contribution in [2.75, 3.05) is 6.54 Å². The number of hydrogen-bond acceptors (Lipinski definition) is 4. The Morgan fingerprint density at radius 2 is 2.27 bits per heavy atom. The number of aliphatic carboxylic acids is 1. The third-order valence-electron chi connectivity index (χ3n) is 1.77. The highest BCUT2D eigenvalue weighted by molar-refractivity contribution is 5.96. The molecule has 0 bridgehead atoms. The summed E-state index contributed by atoms with van der Waals surface area (Å²) in [5.74, 6) is -1.55. The van der Waals surface area contributed by atoms with Gasteiger partial charge in [0.05, 0.1) is 11.3 Å². The van der Waals surface area contributed by atoms with Crippen LogP contribution in [0.25, 0.3) is 0 Å². The van der Waals surface area contributed by atoms with Crippen LogP contribution in [0.15, 0.2) is 12.5 Å². The number of nitrogens with zero attached hydrogens (tertiary/aromatic N) is 2. The van der Waals surface area contributed by atoms with Crippen LogP contribution in [-0.2, 0) is 11.2 Å². The fourth-order valence-electron chi connectivity index (χ4n) is 1.08. The molecule has 1 heterocycles. The SMILES string of the molecule is CCc1ncncc1C(=O)NCC(=O)O. The third-order valence-corrected chi connectivity index (χ3v) is 1.77. The lowest BCUT2D eigenvalue weighted by Crippen LogP contribution is -2.30. The molecule has 0 aromatic carbocycles. The van der Waals surface area contributed by atoms with Gasteiger partial charge in [0.1, 0.15) is 12.9 Å². The Bertz CT molecular complexity index is 379. The smallest absolute Gasteiger partial charge is 0.322 e. The number of hydrogen-bond donors (Lipinski definition) is 2. The van der Waals surface area contributed by atoms with Crippen molar-refractivity contribution in [3.8, 4) is 0 Å². The molecule has 6 heteroatoms. The van der Waals surface area contributed by atoms with Crippen LogP contribution in [0.4, 0.5) is 0 Å². The molecule has 1 rings (SSSR count). The van der Waals surface area contributed by atoms with Gasteiger partial charge in [-0.15, -0.1) is 0 Å². The van der Waals surface area contributed by atoms with Crippen molar-refractivity contribution in [1.29, 1.82) is 0 Å². The maximum absolute atomic E-state index is 11.5. The molecule has 15 heavy (non-hydrogen) atoms. The molecule has 1 aromatic rings. The molecule has 0 aliphatic rings. The van der Waals surface area contributed by atoms with Gasteiger partial charge < -0.3 is 10.4 Å². The summed E-state index contributed by atoms with van der Waals surface area (Å²) in [6.07, 6.45) is 3.33. The predicted octanol–water partition coefficient (Wildman–Crippen LogP) is -0.147. The van der Waals surface area contributed by atoms with Gasteiger partial charge in [0.2, 0.25) is 0 Å². The molecule has 0 saturated heterocycles. The van der Waals surface area contributed by atoms with Gasteiger partial charge in [-0.05, 0) is 6.42 Å². The number of carbonyl (C=O) groups is 2. The molecular weight excluding hydrogens is 198 g/mol. The lowest BCUT2D eigenvalue weighted by molar-refractivity contribution is -0.135. The summed E-state index contributed by atoms with van der Waals surface area (Å²) in [4.78, 5) is 29.4. The van der Waals surface area contributed by atoms with Crippen molar-refractivity contribution in [2.45, 2.75) is 13.3 Å². The lowest BCUT2D eigenvalue weighted by atomic mass is 10.2. The topological polar surface area (TPSA) is 92.2 Å². The fourth-order valence-corrected chi connectivity index (χ4v) is 1.08. The molecule has 0 aliphatic carbocycles. The molecule has 80 valence electrons. The van der Waals surface area contributed by atoms with E-state index in [1.807, 2.05) is 6.92 Å². The summed E-state index contributed by atoms with van der Waals surface area (Å²) in [6.45, 7) is 1.45. The van der Waals surface area contributed by atoms with Crippen LogP contribution in [0.2, 0.25) is 0 Å². The first-order valence-corrected chi connectivity index (χ1v) is 4.44. The molecule has 6 nitrogen and oxygen atoms in total. The van der Waals surface area contributed by atoms with Crippen LogP contribution in [0.3, 0.4) is 0 Å². The van der Waals surface area contributed by atoms with Gasteiger partial charge in [-0.1, -0.05) is 6.92 Å². The number of carbonyl (C=O) groups excluding carboxylic acids is 1. The Balaban J connectivity index is 2.77. The second-order valence-corrected chi connectivity index (χ2v) is 2.81. The van der Waals surface area contributed by atoms with Crippen LogP contribution >= 0.6 is 0 Å². The number of carboxylic acids is 1. The minimum Gasteiger partial charge on any atom is -0.480 e. The van der Waals surface area contributed by atoms with E-state index in [4.69, 9.17) is 5.11 Å². The Kier molecular flexibility index (Phi) is 3.73. The Morgan fingerprint density at radius 3 is 2.87 bits per heavy atom. The van der Waals surface area contributed by atoms with Crippen LogP contribution in [0.5, 0.6) is 0 Å². The first-order valence-electron chi connectivity index (χ1n) is 4.44. The molecule has 0 unspecified atom stereocenters. The van der Waals surface area contributed by atoms with Crippen LogP contribution in [0.1, 0.15) is 23.0 Å². The van der Waals surface area contributed by atoms with E-state index in [1.54, 1.807) is 0 Å². The van der Waals surface area contributed by atoms with Crippen molar-refractivity contribution >= 4 is 11.9 Å². The Morgan fingerprint density at radius 1 is 1.53 bits per heavy atom. The van der Waals surface area contributed by atoms with E-state index in [9.17, 15) is 9.59 Å². The summed E-state index contributed by atoms with van der Waals surface area (Å²) >= 11 is 0. The monoisotopic (exact) mass is 209 g/mol. The maximum atomic E-state index is 11.5. The fraction of sp³-hybridized carbons (Fsp3) is 0.333. The summed E-state index contributed by atoms with van der Waals surface area (Å²) in [6, 6.07) is 0. The van der Waals surface area contributed by atoms with Gasteiger partial charge in [0, 0.05) is 6.20 Å². The molecule has 0 saturated carbocycles. The van der Waals surface area contributed by atoms with E-state index in [-0.39, 0.29) is 0 Å². The average Bonchev–Trinajstić information content (AvgIpc) is 2.25. The number of aromatic nitrogens is 2. The summed E-state index contributed by atoms with van der Waals surface area (Å²) in [5, 5.41) is 10.6. The molecule has 0 spiro atoms. The highest BCUT2D eigenvalue weighted by atomic mass is 16.4. The highest BCUT2D eigenvalue weighted by Gasteiger charge is 2.11. The van der Waals surface area contributed by atoms with E-state index in [1.165, 1.54) is 12.5 Å². The minimum absolute atomic E-state index is 0.321. The number of nitrogens with one attached hydrogen (secondary N) is 1. The van der Waals surface area contributed by atoms with E-state index in [2.05, 4.69) is 15.3 Å². The van der Waals surface area contributed by atoms with E-state index < -0.39 is 18.4 Å². The molecule has 0 aliphatic heterocycles. The predicted molar refractivity (Wildman–Crippen MR) is 51.4 cm³/mol. The number of amides is 1. The third kappa shape index (κ3) is 3.01. The number of carboxylic acid groups (broad SMARTS) is 1. The average molecular weight is 209 g/mol. The van der Waals surface area contributed by atoms with Gasteiger partial charge in [-0.3, -0.25) is 9.59 Å². The lowest BCUT2D eigenvalue weighted by Gasteiger charge is -2.05. The summed E-state index contributed by atoms with van der Waals surface area (Å²) in [7, 11) is 0. The van der Waals surface area contributed by atoms with E-state index in [0.717, 1.165) is 0 Å². The van der Waals surface area contributed by atoms with Crippen LogP contribution in [-0.4, -0.2) is 33.5 Å². The summed E-state index contributed by atoms with van der Waals surface area (Å²) in [5.41, 5.74) is 0.925. The molecule has 0 radical (unpaired) electrons. The molecular formula is C9H11N3O3. The van der Waals surface area contributed by atoms with Gasteiger partial charge >= 0.3 is 5.97 Å². The summed E-state index contributed by atoms with van der Waals surface area (Å²) < 4.78 is 0. The molecule has 0 atom stereocenters. The van der Waals surface area contributed by atoms with Crippen molar-refractivity contribution in [3.05, 3.63) is 23.8 Å². The largest absolute Gasteiger partial charge is 0.480 e. The standard InChI is InChI=1S/C9H11N3O3/c1-2-7-6(3-10-5-12-7)9(15)11-4-8(13)14/h3,5H,2,4H2,1H3,(H,11,15)(H,13,14). The molecule has 1 aromatic heterocycles. The first kappa shape index (κ1) is 11.1. The van der Waals surface area contributed by atoms with E-state index in [0.29, 0.717) is 17.7 Å². The number of rotatable bonds is 4. The van der Waals surface area contributed by atoms with E-state index >= 15 is 0 Å². The van der Waals surface area contributed by atoms with Gasteiger partial charge in [-0.2, -0.15) is 0 Å². The molecule has 0 fully saturated rings. The maximum Gasteiger partial charge on any atom is 0.322 e. The zero-order chi connectivity index (χ0) is 11.3. The van der Waals surface area contributed by atoms with Crippen molar-refractivity contribution < 1.29 is 14.7 Å². The van der Waals surface area contributed by atoms with Gasteiger partial charge in [0.25, 0.3) is 5.91 Å². The zero-order valence-electron chi connectivity index (χ0n) is 8.23. The molecule has 2 N–H and O–H groups in total. The Hall–Kier alpha value is -1.98. The van der Waals surface area contributed by atoms with Crippen molar-refractivity contribution in [2.24, 2.45) is 0 Å². The quantitative estimate of drug-likeness (QED) is 0.719. The van der Waals surface area contributed by atoms with Crippen molar-refractivity contribution in [3.63, 3.8) is 0 Å². The second-order valence-electron chi connectivity index (χ2n) is 2.81. The van der Waals surface area contributed by atoms with Gasteiger partial charge in [0.15, 0.2) is 0 Å². The molecule has 1 amide bonds. The minimum atomic E-state index is -1.08. The normalized spacial score (nSPS) is 9.67. The Labute approximate surface area is 86.4 Å². The zero-order valence-corrected chi connectivity index (χ0v) is 8.23. The number of aryl methyl sites for hydroxylation is 1.